The van der Waals surface area contributed by atoms with Gasteiger partial charge in [-0.3, -0.25) is 4.79 Å². The van der Waals surface area contributed by atoms with Gasteiger partial charge < -0.3 is 5.32 Å². The molecule has 24 heavy (non-hydrogen) atoms. The number of sulfonamides is 1. The molecule has 1 amide bonds. The van der Waals surface area contributed by atoms with Crippen LogP contribution < -0.4 is 10.0 Å². The van der Waals surface area contributed by atoms with Crippen LogP contribution in [-0.2, 0) is 24.7 Å². The summed E-state index contributed by atoms with van der Waals surface area (Å²) in [5, 5.41) is 2.72. The molecule has 134 valence electrons. The van der Waals surface area contributed by atoms with Gasteiger partial charge in [-0.2, -0.15) is 0 Å². The van der Waals surface area contributed by atoms with Crippen molar-refractivity contribution >= 4 is 25.8 Å². The SMILES string of the molecule is CS(=O)(=O)c1cccc(S(=O)(=O)NCCNC(=O)C2CCCC2)c1. The van der Waals surface area contributed by atoms with Gasteiger partial charge in [-0.1, -0.05) is 18.9 Å². The Hall–Kier alpha value is -1.45. The van der Waals surface area contributed by atoms with Crippen LogP contribution in [0.4, 0.5) is 0 Å². The van der Waals surface area contributed by atoms with E-state index in [1.54, 1.807) is 0 Å². The van der Waals surface area contributed by atoms with Crippen molar-refractivity contribution in [2.75, 3.05) is 19.3 Å². The zero-order chi connectivity index (χ0) is 17.8. The number of amides is 1. The molecule has 0 atom stereocenters. The lowest BCUT2D eigenvalue weighted by molar-refractivity contribution is -0.124. The Bertz CT molecular complexity index is 797. The number of nitrogens with one attached hydrogen (secondary N) is 2. The number of carbonyl (C=O) groups excluding carboxylic acids is 1. The van der Waals surface area contributed by atoms with E-state index in [0.717, 1.165) is 38.0 Å². The largest absolute Gasteiger partial charge is 0.355 e. The van der Waals surface area contributed by atoms with Gasteiger partial charge in [-0.25, -0.2) is 21.6 Å². The van der Waals surface area contributed by atoms with E-state index in [4.69, 9.17) is 0 Å². The highest BCUT2D eigenvalue weighted by atomic mass is 32.2. The van der Waals surface area contributed by atoms with Crippen LogP contribution in [0.25, 0.3) is 0 Å². The molecule has 0 aliphatic heterocycles. The highest BCUT2D eigenvalue weighted by Gasteiger charge is 2.22. The second-order valence-electron chi connectivity index (χ2n) is 5.92. The standard InChI is InChI=1S/C15H22N2O5S2/c1-23(19,20)13-7-4-8-14(11-13)24(21,22)17-10-9-16-15(18)12-5-2-3-6-12/h4,7-8,11-12,17H,2-3,5-6,9-10H2,1H3,(H,16,18). The van der Waals surface area contributed by atoms with E-state index in [0.29, 0.717) is 0 Å². The molecule has 2 rings (SSSR count). The van der Waals surface area contributed by atoms with Crippen LogP contribution in [0.1, 0.15) is 25.7 Å². The summed E-state index contributed by atoms with van der Waals surface area (Å²) in [4.78, 5) is 11.7. The first-order valence-electron chi connectivity index (χ1n) is 7.78. The summed E-state index contributed by atoms with van der Waals surface area (Å²) in [6.45, 7) is 0.240. The minimum Gasteiger partial charge on any atom is -0.355 e. The summed E-state index contributed by atoms with van der Waals surface area (Å²) in [7, 11) is -7.31. The topological polar surface area (TPSA) is 109 Å². The van der Waals surface area contributed by atoms with Crippen molar-refractivity contribution in [1.82, 2.24) is 10.0 Å². The fourth-order valence-corrected chi connectivity index (χ4v) is 4.48. The fraction of sp³-hybridized carbons (Fsp3) is 0.533. The molecule has 1 aromatic rings. The van der Waals surface area contributed by atoms with Crippen LogP contribution in [0.2, 0.25) is 0 Å². The summed E-state index contributed by atoms with van der Waals surface area (Å²) in [5.74, 6) is -0.00109. The molecule has 9 heteroatoms. The van der Waals surface area contributed by atoms with Gasteiger partial charge in [0.1, 0.15) is 0 Å². The molecule has 0 radical (unpaired) electrons. The molecule has 0 spiro atoms. The van der Waals surface area contributed by atoms with Gasteiger partial charge in [0, 0.05) is 25.3 Å². The Morgan fingerprint density at radius 3 is 2.33 bits per heavy atom. The van der Waals surface area contributed by atoms with Crippen LogP contribution >= 0.6 is 0 Å². The van der Waals surface area contributed by atoms with Crippen LogP contribution in [0.5, 0.6) is 0 Å². The third-order valence-electron chi connectivity index (χ3n) is 3.99. The normalized spacial score (nSPS) is 16.2. The summed E-state index contributed by atoms with van der Waals surface area (Å²) < 4.78 is 49.8. The molecule has 1 saturated carbocycles. The Morgan fingerprint density at radius 2 is 1.71 bits per heavy atom. The Morgan fingerprint density at radius 1 is 1.08 bits per heavy atom. The molecule has 0 bridgehead atoms. The summed E-state index contributed by atoms with van der Waals surface area (Å²) in [6.07, 6.45) is 4.90. The van der Waals surface area contributed by atoms with Gasteiger partial charge in [0.05, 0.1) is 9.79 Å². The van der Waals surface area contributed by atoms with Gasteiger partial charge in [0.25, 0.3) is 0 Å². The van der Waals surface area contributed by atoms with Gasteiger partial charge >= 0.3 is 0 Å². The van der Waals surface area contributed by atoms with Crippen LogP contribution in [0.15, 0.2) is 34.1 Å². The smallest absolute Gasteiger partial charge is 0.240 e. The quantitative estimate of drug-likeness (QED) is 0.682. The van der Waals surface area contributed by atoms with Gasteiger partial charge in [0.15, 0.2) is 9.84 Å². The molecule has 0 heterocycles. The highest BCUT2D eigenvalue weighted by Crippen LogP contribution is 2.24. The van der Waals surface area contributed by atoms with Crippen molar-refractivity contribution in [2.45, 2.75) is 35.5 Å². The lowest BCUT2D eigenvalue weighted by atomic mass is 10.1. The third kappa shape index (κ3) is 5.02. The van der Waals surface area contributed by atoms with Crippen molar-refractivity contribution in [2.24, 2.45) is 5.92 Å². The van der Waals surface area contributed by atoms with E-state index in [1.165, 1.54) is 18.2 Å². The fourth-order valence-electron chi connectivity index (χ4n) is 2.66. The molecule has 1 aliphatic carbocycles. The second-order valence-corrected chi connectivity index (χ2v) is 9.70. The second kappa shape index (κ2) is 7.62. The van der Waals surface area contributed by atoms with E-state index >= 15 is 0 Å². The van der Waals surface area contributed by atoms with Crippen molar-refractivity contribution in [3.63, 3.8) is 0 Å². The average Bonchev–Trinajstić information content (AvgIpc) is 3.05. The van der Waals surface area contributed by atoms with E-state index in [2.05, 4.69) is 10.0 Å². The zero-order valence-corrected chi connectivity index (χ0v) is 15.1. The van der Waals surface area contributed by atoms with Gasteiger partial charge in [-0.05, 0) is 31.0 Å². The van der Waals surface area contributed by atoms with Crippen LogP contribution in [0, 0.1) is 5.92 Å². The monoisotopic (exact) mass is 374 g/mol. The molecule has 0 unspecified atom stereocenters. The Balaban J connectivity index is 1.90. The maximum atomic E-state index is 12.2. The average molecular weight is 374 g/mol. The number of benzene rings is 1. The minimum atomic E-state index is -3.83. The van der Waals surface area contributed by atoms with E-state index < -0.39 is 19.9 Å². The lowest BCUT2D eigenvalue weighted by Gasteiger charge is -2.11. The third-order valence-corrected chi connectivity index (χ3v) is 6.56. The van der Waals surface area contributed by atoms with E-state index in [1.807, 2.05) is 0 Å². The first-order chi connectivity index (χ1) is 11.2. The maximum absolute atomic E-state index is 12.2. The first-order valence-corrected chi connectivity index (χ1v) is 11.1. The molecular weight excluding hydrogens is 352 g/mol. The molecule has 7 nitrogen and oxygen atoms in total. The van der Waals surface area contributed by atoms with E-state index in [-0.39, 0.29) is 34.7 Å². The predicted octanol–water partition coefficient (Wildman–Crippen LogP) is 0.675. The van der Waals surface area contributed by atoms with Crippen molar-refractivity contribution in [3.8, 4) is 0 Å². The number of hydrogen-bond donors (Lipinski definition) is 2. The molecule has 0 aromatic heterocycles. The molecule has 0 saturated heterocycles. The van der Waals surface area contributed by atoms with Crippen molar-refractivity contribution < 1.29 is 21.6 Å². The predicted molar refractivity (Wildman–Crippen MR) is 89.7 cm³/mol. The zero-order valence-electron chi connectivity index (χ0n) is 13.5. The Labute approximate surface area is 142 Å². The minimum absolute atomic E-state index is 0.0352. The molecular formula is C15H22N2O5S2. The van der Waals surface area contributed by atoms with Crippen molar-refractivity contribution in [1.29, 1.82) is 0 Å². The van der Waals surface area contributed by atoms with Crippen LogP contribution in [-0.4, -0.2) is 42.1 Å². The van der Waals surface area contributed by atoms with Crippen LogP contribution in [0.3, 0.4) is 0 Å². The molecule has 1 aliphatic rings. The molecule has 2 N–H and O–H groups in total. The summed E-state index contributed by atoms with van der Waals surface area (Å²) in [6, 6.07) is 5.17. The maximum Gasteiger partial charge on any atom is 0.240 e. The van der Waals surface area contributed by atoms with Gasteiger partial charge in [-0.15, -0.1) is 0 Å². The number of hydrogen-bond acceptors (Lipinski definition) is 5. The Kier molecular flexibility index (Phi) is 6.00. The highest BCUT2D eigenvalue weighted by molar-refractivity contribution is 7.91. The first kappa shape index (κ1) is 18.9. The number of rotatable bonds is 7. The van der Waals surface area contributed by atoms with E-state index in [9.17, 15) is 21.6 Å². The lowest BCUT2D eigenvalue weighted by Crippen LogP contribution is -2.37. The summed E-state index contributed by atoms with van der Waals surface area (Å²) in [5.41, 5.74) is 0. The number of carbonyl (C=O) groups is 1. The van der Waals surface area contributed by atoms with Crippen molar-refractivity contribution in [3.05, 3.63) is 24.3 Å². The molecule has 1 fully saturated rings. The summed E-state index contributed by atoms with van der Waals surface area (Å²) >= 11 is 0. The number of sulfone groups is 1. The van der Waals surface area contributed by atoms with Gasteiger partial charge in [0.2, 0.25) is 15.9 Å². The molecule has 1 aromatic carbocycles.